The maximum absolute atomic E-state index is 12.7. The molecule has 2 heterocycles. The summed E-state index contributed by atoms with van der Waals surface area (Å²) < 4.78 is 32.8. The van der Waals surface area contributed by atoms with Crippen molar-refractivity contribution in [1.29, 1.82) is 0 Å². The summed E-state index contributed by atoms with van der Waals surface area (Å²) in [7, 11) is -2.56. The Kier molecular flexibility index (Phi) is 4.77. The van der Waals surface area contributed by atoms with Crippen molar-refractivity contribution >= 4 is 39.1 Å². The van der Waals surface area contributed by atoms with Gasteiger partial charge in [0.05, 0.1) is 7.11 Å². The predicted molar refractivity (Wildman–Crippen MR) is 90.5 cm³/mol. The first kappa shape index (κ1) is 16.5. The molecule has 122 valence electrons. The molecule has 0 saturated heterocycles. The second-order valence-corrected chi connectivity index (χ2v) is 8.69. The lowest BCUT2D eigenvalue weighted by molar-refractivity contribution is 0.0602. The molecule has 0 radical (unpaired) electrons. The number of hydrogen-bond donors (Lipinski definition) is 1. The number of methoxy groups -OCH3 is 1. The summed E-state index contributed by atoms with van der Waals surface area (Å²) >= 11 is 2.78. The maximum atomic E-state index is 12.7. The van der Waals surface area contributed by atoms with Crippen molar-refractivity contribution in [3.05, 3.63) is 46.2 Å². The van der Waals surface area contributed by atoms with E-state index in [9.17, 15) is 13.2 Å². The van der Waals surface area contributed by atoms with E-state index in [1.165, 1.54) is 13.2 Å². The zero-order valence-electron chi connectivity index (χ0n) is 12.3. The van der Waals surface area contributed by atoms with Crippen LogP contribution in [0, 0.1) is 0 Å². The summed E-state index contributed by atoms with van der Waals surface area (Å²) in [6, 6.07) is 8.91. The predicted octanol–water partition coefficient (Wildman–Crippen LogP) is 3.05. The zero-order chi connectivity index (χ0) is 16.4. The van der Waals surface area contributed by atoms with E-state index in [0.29, 0.717) is 6.42 Å². The Bertz CT molecular complexity index is 829. The molecule has 0 amide bonds. The summed E-state index contributed by atoms with van der Waals surface area (Å²) in [5.74, 6) is 0.206. The quantitative estimate of drug-likeness (QED) is 0.839. The first-order chi connectivity index (χ1) is 11.0. The molecule has 0 bridgehead atoms. The van der Waals surface area contributed by atoms with Crippen LogP contribution >= 0.6 is 23.1 Å². The van der Waals surface area contributed by atoms with Crippen LogP contribution in [0.4, 0.5) is 0 Å². The zero-order valence-corrected chi connectivity index (χ0v) is 14.8. The number of thiophene rings is 1. The second-order valence-electron chi connectivity index (χ2n) is 4.95. The standard InChI is InChI=1S/C15H15NO4S3/c1-20-15(17)14-13(7-9-22-14)23(18,19)16-11-6-8-21-12-5-3-2-4-10(11)12/h2-5,7,9,11,16H,6,8H2,1H3. The largest absolute Gasteiger partial charge is 0.465 e. The monoisotopic (exact) mass is 369 g/mol. The third-order valence-corrected chi connectivity index (χ3v) is 7.21. The summed E-state index contributed by atoms with van der Waals surface area (Å²) in [5.41, 5.74) is 0.974. The third kappa shape index (κ3) is 3.30. The van der Waals surface area contributed by atoms with Gasteiger partial charge in [0.25, 0.3) is 0 Å². The van der Waals surface area contributed by atoms with Gasteiger partial charge < -0.3 is 4.74 Å². The van der Waals surface area contributed by atoms with Gasteiger partial charge in [0, 0.05) is 10.9 Å². The van der Waals surface area contributed by atoms with Crippen LogP contribution in [0.2, 0.25) is 0 Å². The number of rotatable bonds is 4. The van der Waals surface area contributed by atoms with Crippen LogP contribution < -0.4 is 4.72 Å². The van der Waals surface area contributed by atoms with Gasteiger partial charge in [-0.1, -0.05) is 18.2 Å². The van der Waals surface area contributed by atoms with Crippen LogP contribution in [0.1, 0.15) is 27.7 Å². The van der Waals surface area contributed by atoms with Crippen LogP contribution in [0.25, 0.3) is 0 Å². The van der Waals surface area contributed by atoms with Crippen LogP contribution in [-0.2, 0) is 14.8 Å². The van der Waals surface area contributed by atoms with E-state index in [0.717, 1.165) is 27.5 Å². The smallest absolute Gasteiger partial charge is 0.349 e. The number of benzene rings is 1. The molecule has 2 aromatic rings. The normalized spacial score (nSPS) is 17.5. The van der Waals surface area contributed by atoms with Crippen LogP contribution in [0.3, 0.4) is 0 Å². The first-order valence-electron chi connectivity index (χ1n) is 6.93. The molecular formula is C15H15NO4S3. The SMILES string of the molecule is COC(=O)c1sccc1S(=O)(=O)NC1CCSc2ccccc21. The minimum atomic E-state index is -3.79. The lowest BCUT2D eigenvalue weighted by Gasteiger charge is -2.25. The number of thioether (sulfide) groups is 1. The number of ether oxygens (including phenoxy) is 1. The highest BCUT2D eigenvalue weighted by Crippen LogP contribution is 2.37. The molecule has 5 nitrogen and oxygen atoms in total. The second kappa shape index (κ2) is 6.64. The highest BCUT2D eigenvalue weighted by Gasteiger charge is 2.29. The average Bonchev–Trinajstić information content (AvgIpc) is 3.05. The Labute approximate surface area is 143 Å². The van der Waals surface area contributed by atoms with Crippen LogP contribution in [-0.4, -0.2) is 27.2 Å². The number of nitrogens with one attached hydrogen (secondary N) is 1. The fourth-order valence-corrected chi connectivity index (χ4v) is 6.18. The van der Waals surface area contributed by atoms with Gasteiger partial charge in [-0.3, -0.25) is 0 Å². The van der Waals surface area contributed by atoms with Crippen molar-refractivity contribution in [2.75, 3.05) is 12.9 Å². The van der Waals surface area contributed by atoms with Gasteiger partial charge >= 0.3 is 5.97 Å². The molecule has 1 N–H and O–H groups in total. The Morgan fingerprint density at radius 2 is 2.09 bits per heavy atom. The molecule has 1 aliphatic rings. The van der Waals surface area contributed by atoms with E-state index < -0.39 is 16.0 Å². The van der Waals surface area contributed by atoms with Crippen molar-refractivity contribution in [1.82, 2.24) is 4.72 Å². The van der Waals surface area contributed by atoms with Gasteiger partial charge in [-0.05, 0) is 35.2 Å². The van der Waals surface area contributed by atoms with Crippen molar-refractivity contribution in [2.45, 2.75) is 22.3 Å². The van der Waals surface area contributed by atoms with E-state index in [-0.39, 0.29) is 15.8 Å². The molecule has 1 atom stereocenters. The lowest BCUT2D eigenvalue weighted by Crippen LogP contribution is -2.31. The number of fused-ring (bicyclic) bond motifs is 1. The summed E-state index contributed by atoms with van der Waals surface area (Å²) in [4.78, 5) is 12.9. The van der Waals surface area contributed by atoms with Crippen LogP contribution in [0.15, 0.2) is 45.5 Å². The lowest BCUT2D eigenvalue weighted by atomic mass is 10.1. The molecule has 3 rings (SSSR count). The fourth-order valence-electron chi connectivity index (χ4n) is 2.47. The molecule has 8 heteroatoms. The number of sulfonamides is 1. The highest BCUT2D eigenvalue weighted by molar-refractivity contribution is 7.99. The fraction of sp³-hybridized carbons (Fsp3) is 0.267. The Hall–Kier alpha value is -1.35. The molecule has 23 heavy (non-hydrogen) atoms. The van der Waals surface area contributed by atoms with Gasteiger partial charge in [-0.2, -0.15) is 0 Å². The molecular weight excluding hydrogens is 354 g/mol. The number of carbonyl (C=O) groups is 1. The van der Waals surface area contributed by atoms with Gasteiger partial charge in [-0.15, -0.1) is 23.1 Å². The Balaban J connectivity index is 1.92. The number of hydrogen-bond acceptors (Lipinski definition) is 6. The van der Waals surface area contributed by atoms with E-state index >= 15 is 0 Å². The van der Waals surface area contributed by atoms with Crippen molar-refractivity contribution < 1.29 is 17.9 Å². The minimum absolute atomic E-state index is 0.0231. The molecule has 1 aromatic carbocycles. The van der Waals surface area contributed by atoms with Crippen molar-refractivity contribution in [3.8, 4) is 0 Å². The summed E-state index contributed by atoms with van der Waals surface area (Å²) in [6.07, 6.45) is 0.707. The van der Waals surface area contributed by atoms with E-state index in [1.54, 1.807) is 17.1 Å². The summed E-state index contributed by atoms with van der Waals surface area (Å²) in [6.45, 7) is 0. The van der Waals surface area contributed by atoms with E-state index in [4.69, 9.17) is 0 Å². The van der Waals surface area contributed by atoms with Gasteiger partial charge in [0.1, 0.15) is 9.77 Å². The average molecular weight is 369 g/mol. The number of esters is 1. The highest BCUT2D eigenvalue weighted by atomic mass is 32.2. The van der Waals surface area contributed by atoms with Crippen molar-refractivity contribution in [3.63, 3.8) is 0 Å². The molecule has 1 aliphatic heterocycles. The first-order valence-corrected chi connectivity index (χ1v) is 10.3. The van der Waals surface area contributed by atoms with Gasteiger partial charge in [-0.25, -0.2) is 17.9 Å². The number of carbonyl (C=O) groups excluding carboxylic acids is 1. The Morgan fingerprint density at radius 3 is 2.87 bits per heavy atom. The third-order valence-electron chi connectivity index (χ3n) is 3.55. The molecule has 1 aromatic heterocycles. The van der Waals surface area contributed by atoms with Crippen molar-refractivity contribution in [2.24, 2.45) is 0 Å². The molecule has 0 fully saturated rings. The molecule has 0 aliphatic carbocycles. The van der Waals surface area contributed by atoms with E-state index in [1.807, 2.05) is 24.3 Å². The van der Waals surface area contributed by atoms with Gasteiger partial charge in [0.2, 0.25) is 10.0 Å². The summed E-state index contributed by atoms with van der Waals surface area (Å²) in [5, 5.41) is 1.57. The maximum Gasteiger partial charge on any atom is 0.349 e. The van der Waals surface area contributed by atoms with E-state index in [2.05, 4.69) is 9.46 Å². The minimum Gasteiger partial charge on any atom is -0.465 e. The topological polar surface area (TPSA) is 72.5 Å². The Morgan fingerprint density at radius 1 is 1.30 bits per heavy atom. The van der Waals surface area contributed by atoms with Crippen LogP contribution in [0.5, 0.6) is 0 Å². The molecule has 0 spiro atoms. The van der Waals surface area contributed by atoms with Gasteiger partial charge in [0.15, 0.2) is 0 Å². The molecule has 1 unspecified atom stereocenters. The molecule has 0 saturated carbocycles.